The van der Waals surface area contributed by atoms with Gasteiger partial charge in [-0.15, -0.1) is 0 Å². The van der Waals surface area contributed by atoms with Crippen LogP contribution in [0.4, 0.5) is 9.18 Å². The number of nitrogens with zero attached hydrogens (tertiary/aromatic N) is 3. The minimum absolute atomic E-state index is 0.00516. The molecule has 0 saturated heterocycles. The molecule has 0 aliphatic rings. The molecular weight excluding hydrogens is 383 g/mol. The number of rotatable bonds is 10. The molecule has 2 amide bonds. The number of benzene rings is 2. The largest absolute Gasteiger partial charge is 0.497 e. The second kappa shape index (κ2) is 11.5. The van der Waals surface area contributed by atoms with E-state index in [9.17, 15) is 9.18 Å². The smallest absolute Gasteiger partial charge is 0.317 e. The first-order valence-electron chi connectivity index (χ1n) is 10.0. The zero-order valence-corrected chi connectivity index (χ0v) is 18.6. The van der Waals surface area contributed by atoms with E-state index >= 15 is 0 Å². The number of hydrogen-bond donors (Lipinski definition) is 1. The third kappa shape index (κ3) is 7.31. The van der Waals surface area contributed by atoms with Crippen LogP contribution in [0.5, 0.6) is 5.75 Å². The lowest BCUT2D eigenvalue weighted by atomic mass is 10.1. The van der Waals surface area contributed by atoms with Crippen molar-refractivity contribution < 1.29 is 13.9 Å². The molecule has 30 heavy (non-hydrogen) atoms. The number of carbonyl (C=O) groups is 1. The Labute approximate surface area is 179 Å². The molecule has 6 nitrogen and oxygen atoms in total. The number of carbonyl (C=O) groups excluding carboxylic acids is 1. The molecule has 0 heterocycles. The Hall–Kier alpha value is -2.64. The SMILES string of the molecule is COc1cccc(C(CNC(=O)N(CCN(C)C)Cc2ccc(F)cc2)N(C)C)c1. The number of urea groups is 1. The molecule has 0 aliphatic heterocycles. The van der Waals surface area contributed by atoms with Crippen LogP contribution >= 0.6 is 0 Å². The molecule has 7 heteroatoms. The second-order valence-electron chi connectivity index (χ2n) is 7.79. The monoisotopic (exact) mass is 416 g/mol. The van der Waals surface area contributed by atoms with E-state index in [1.54, 1.807) is 24.1 Å². The van der Waals surface area contributed by atoms with E-state index in [0.29, 0.717) is 19.6 Å². The van der Waals surface area contributed by atoms with Gasteiger partial charge in [-0.25, -0.2) is 9.18 Å². The van der Waals surface area contributed by atoms with Gasteiger partial charge in [0.1, 0.15) is 11.6 Å². The maximum atomic E-state index is 13.2. The minimum atomic E-state index is -0.282. The Balaban J connectivity index is 2.08. The number of methoxy groups -OCH3 is 1. The quantitative estimate of drug-likeness (QED) is 0.646. The molecule has 2 rings (SSSR count). The maximum absolute atomic E-state index is 13.2. The van der Waals surface area contributed by atoms with Crippen molar-refractivity contribution in [3.63, 3.8) is 0 Å². The third-order valence-corrected chi connectivity index (χ3v) is 4.94. The van der Waals surface area contributed by atoms with E-state index in [0.717, 1.165) is 23.4 Å². The average molecular weight is 417 g/mol. The molecule has 0 radical (unpaired) electrons. The molecule has 0 saturated carbocycles. The summed E-state index contributed by atoms with van der Waals surface area (Å²) >= 11 is 0. The van der Waals surface area contributed by atoms with Gasteiger partial charge in [0.05, 0.1) is 13.2 Å². The normalized spacial score (nSPS) is 12.1. The van der Waals surface area contributed by atoms with Gasteiger partial charge in [-0.2, -0.15) is 0 Å². The van der Waals surface area contributed by atoms with E-state index in [2.05, 4.69) is 10.2 Å². The van der Waals surface area contributed by atoms with Crippen molar-refractivity contribution in [1.82, 2.24) is 20.0 Å². The Morgan fingerprint density at radius 2 is 1.77 bits per heavy atom. The summed E-state index contributed by atoms with van der Waals surface area (Å²) in [6, 6.07) is 14.0. The van der Waals surface area contributed by atoms with Crippen molar-refractivity contribution in [1.29, 1.82) is 0 Å². The van der Waals surface area contributed by atoms with Gasteiger partial charge in [-0.05, 0) is 63.6 Å². The highest BCUT2D eigenvalue weighted by Gasteiger charge is 2.19. The number of nitrogens with one attached hydrogen (secondary N) is 1. The molecule has 0 aromatic heterocycles. The standard InChI is InChI=1S/C23H33FN4O2/c1-26(2)13-14-28(17-18-9-11-20(24)12-10-18)23(29)25-16-22(27(3)4)19-7-6-8-21(15-19)30-5/h6-12,15,22H,13-14,16-17H2,1-5H3,(H,25,29). The molecule has 0 aliphatic carbocycles. The Morgan fingerprint density at radius 3 is 2.37 bits per heavy atom. The lowest BCUT2D eigenvalue weighted by molar-refractivity contribution is 0.184. The van der Waals surface area contributed by atoms with Crippen molar-refractivity contribution in [2.24, 2.45) is 0 Å². The van der Waals surface area contributed by atoms with Gasteiger partial charge in [-0.1, -0.05) is 24.3 Å². The fraction of sp³-hybridized carbons (Fsp3) is 0.435. The van der Waals surface area contributed by atoms with Crippen molar-refractivity contribution in [2.75, 3.05) is 54.9 Å². The van der Waals surface area contributed by atoms with Gasteiger partial charge in [0, 0.05) is 26.2 Å². The molecule has 164 valence electrons. The van der Waals surface area contributed by atoms with Crippen LogP contribution in [0, 0.1) is 5.82 Å². The van der Waals surface area contributed by atoms with Crippen LogP contribution in [0.3, 0.4) is 0 Å². The van der Waals surface area contributed by atoms with Gasteiger partial charge in [-0.3, -0.25) is 0 Å². The van der Waals surface area contributed by atoms with E-state index in [4.69, 9.17) is 4.74 Å². The first-order valence-corrected chi connectivity index (χ1v) is 10.0. The number of amides is 2. The number of halogens is 1. The Kier molecular flexibility index (Phi) is 9.08. The highest BCUT2D eigenvalue weighted by molar-refractivity contribution is 5.74. The third-order valence-electron chi connectivity index (χ3n) is 4.94. The van der Waals surface area contributed by atoms with Crippen LogP contribution in [-0.4, -0.2) is 75.7 Å². The lowest BCUT2D eigenvalue weighted by Crippen LogP contribution is -2.45. The van der Waals surface area contributed by atoms with Gasteiger partial charge in [0.25, 0.3) is 0 Å². The summed E-state index contributed by atoms with van der Waals surface area (Å²) in [4.78, 5) is 18.8. The van der Waals surface area contributed by atoms with Gasteiger partial charge in [0.15, 0.2) is 0 Å². The topological polar surface area (TPSA) is 48.1 Å². The van der Waals surface area contributed by atoms with Crippen LogP contribution in [-0.2, 0) is 6.54 Å². The van der Waals surface area contributed by atoms with Crippen LogP contribution in [0.25, 0.3) is 0 Å². The Bertz CT molecular complexity index is 796. The number of ether oxygens (including phenoxy) is 1. The zero-order chi connectivity index (χ0) is 22.1. The molecule has 0 spiro atoms. The minimum Gasteiger partial charge on any atom is -0.497 e. The summed E-state index contributed by atoms with van der Waals surface area (Å²) in [5.74, 6) is 0.504. The summed E-state index contributed by atoms with van der Waals surface area (Å²) in [5, 5.41) is 3.07. The predicted octanol–water partition coefficient (Wildman–Crippen LogP) is 3.21. The van der Waals surface area contributed by atoms with Crippen LogP contribution in [0.1, 0.15) is 17.2 Å². The fourth-order valence-corrected chi connectivity index (χ4v) is 3.13. The molecule has 1 unspecified atom stereocenters. The number of hydrogen-bond acceptors (Lipinski definition) is 4. The summed E-state index contributed by atoms with van der Waals surface area (Å²) in [7, 11) is 9.55. The van der Waals surface area contributed by atoms with Gasteiger partial charge >= 0.3 is 6.03 Å². The molecule has 1 N–H and O–H groups in total. The molecular formula is C23H33FN4O2. The lowest BCUT2D eigenvalue weighted by Gasteiger charge is -2.29. The zero-order valence-electron chi connectivity index (χ0n) is 18.6. The van der Waals surface area contributed by atoms with Crippen LogP contribution in [0.2, 0.25) is 0 Å². The highest BCUT2D eigenvalue weighted by atomic mass is 19.1. The molecule has 0 bridgehead atoms. The molecule has 2 aromatic rings. The molecule has 0 fully saturated rings. The first kappa shape index (κ1) is 23.6. The Morgan fingerprint density at radius 1 is 1.07 bits per heavy atom. The van der Waals surface area contributed by atoms with E-state index in [1.165, 1.54) is 12.1 Å². The van der Waals surface area contributed by atoms with Crippen molar-refractivity contribution in [2.45, 2.75) is 12.6 Å². The maximum Gasteiger partial charge on any atom is 0.317 e. The van der Waals surface area contributed by atoms with E-state index in [-0.39, 0.29) is 17.9 Å². The summed E-state index contributed by atoms with van der Waals surface area (Å²) in [6.45, 7) is 2.19. The molecule has 2 aromatic carbocycles. The van der Waals surface area contributed by atoms with Gasteiger partial charge < -0.3 is 24.8 Å². The van der Waals surface area contributed by atoms with Gasteiger partial charge in [0.2, 0.25) is 0 Å². The fourth-order valence-electron chi connectivity index (χ4n) is 3.13. The number of likely N-dealkylation sites (N-methyl/N-ethyl adjacent to an activating group) is 2. The highest BCUT2D eigenvalue weighted by Crippen LogP contribution is 2.22. The summed E-state index contributed by atoms with van der Waals surface area (Å²) < 4.78 is 18.6. The predicted molar refractivity (Wildman–Crippen MR) is 118 cm³/mol. The average Bonchev–Trinajstić information content (AvgIpc) is 2.72. The molecule has 1 atom stereocenters. The summed E-state index contributed by atoms with van der Waals surface area (Å²) in [5.41, 5.74) is 1.96. The first-order chi connectivity index (χ1) is 14.3. The van der Waals surface area contributed by atoms with Crippen LogP contribution < -0.4 is 10.1 Å². The second-order valence-corrected chi connectivity index (χ2v) is 7.79. The van der Waals surface area contributed by atoms with Crippen molar-refractivity contribution in [3.8, 4) is 5.75 Å². The summed E-state index contributed by atoms with van der Waals surface area (Å²) in [6.07, 6.45) is 0. The van der Waals surface area contributed by atoms with E-state index in [1.807, 2.05) is 57.4 Å². The van der Waals surface area contributed by atoms with Crippen LogP contribution in [0.15, 0.2) is 48.5 Å². The van der Waals surface area contributed by atoms with Crippen molar-refractivity contribution in [3.05, 3.63) is 65.5 Å². The van der Waals surface area contributed by atoms with E-state index < -0.39 is 0 Å². The van der Waals surface area contributed by atoms with Crippen molar-refractivity contribution >= 4 is 6.03 Å².